The zero-order valence-corrected chi connectivity index (χ0v) is 19.2. The maximum Gasteiger partial charge on any atom is 0.358 e. The van der Waals surface area contributed by atoms with Crippen LogP contribution in [0.3, 0.4) is 0 Å². The van der Waals surface area contributed by atoms with Crippen LogP contribution >= 0.6 is 0 Å². The van der Waals surface area contributed by atoms with Crippen molar-refractivity contribution in [1.29, 1.82) is 0 Å². The molecule has 0 radical (unpaired) electrons. The number of carbonyl (C=O) groups excluding carboxylic acids is 2. The van der Waals surface area contributed by atoms with Crippen molar-refractivity contribution in [2.75, 3.05) is 44.8 Å². The third-order valence-electron chi connectivity index (χ3n) is 5.76. The van der Waals surface area contributed by atoms with Crippen molar-refractivity contribution >= 4 is 17.6 Å². The molecule has 0 saturated carbocycles. The van der Waals surface area contributed by atoms with Crippen molar-refractivity contribution in [3.63, 3.8) is 0 Å². The van der Waals surface area contributed by atoms with Gasteiger partial charge in [-0.3, -0.25) is 4.79 Å². The van der Waals surface area contributed by atoms with Gasteiger partial charge in [0.2, 0.25) is 5.91 Å². The molecular weight excluding hydrogens is 420 g/mol. The van der Waals surface area contributed by atoms with Crippen LogP contribution < -0.4 is 9.64 Å². The number of hydrogen-bond acceptors (Lipinski definition) is 6. The fourth-order valence-electron chi connectivity index (χ4n) is 3.93. The van der Waals surface area contributed by atoms with Crippen LogP contribution in [0.25, 0.3) is 16.9 Å². The van der Waals surface area contributed by atoms with E-state index in [1.807, 2.05) is 41.3 Å². The summed E-state index contributed by atoms with van der Waals surface area (Å²) < 4.78 is 12.2. The van der Waals surface area contributed by atoms with Crippen LogP contribution in [0.1, 0.15) is 24.3 Å². The minimum absolute atomic E-state index is 0.120. The van der Waals surface area contributed by atoms with E-state index < -0.39 is 5.97 Å². The maximum absolute atomic E-state index is 12.4. The quantitative estimate of drug-likeness (QED) is 0.538. The minimum Gasteiger partial charge on any atom is -0.497 e. The Kier molecular flexibility index (Phi) is 6.63. The molecule has 8 heteroatoms. The molecule has 0 N–H and O–H groups in total. The number of methoxy groups -OCH3 is 1. The Morgan fingerprint density at radius 2 is 1.58 bits per heavy atom. The smallest absolute Gasteiger partial charge is 0.358 e. The van der Waals surface area contributed by atoms with Gasteiger partial charge in [0.1, 0.15) is 5.75 Å². The number of aromatic nitrogens is 2. The average molecular weight is 449 g/mol. The highest BCUT2D eigenvalue weighted by atomic mass is 16.5. The molecule has 2 heterocycles. The first-order chi connectivity index (χ1) is 16.0. The van der Waals surface area contributed by atoms with Gasteiger partial charge < -0.3 is 19.3 Å². The number of nitrogens with zero attached hydrogens (tertiary/aromatic N) is 4. The number of hydrogen-bond donors (Lipinski definition) is 0. The maximum atomic E-state index is 12.4. The molecule has 4 rings (SSSR count). The van der Waals surface area contributed by atoms with Crippen molar-refractivity contribution in [2.45, 2.75) is 13.8 Å². The molecule has 33 heavy (non-hydrogen) atoms. The largest absolute Gasteiger partial charge is 0.497 e. The zero-order chi connectivity index (χ0) is 23.4. The Bertz CT molecular complexity index is 1110. The molecule has 3 aromatic rings. The van der Waals surface area contributed by atoms with Crippen LogP contribution in [0.15, 0.2) is 54.6 Å². The molecule has 1 aliphatic rings. The lowest BCUT2D eigenvalue weighted by molar-refractivity contribution is -0.129. The average Bonchev–Trinajstić information content (AvgIpc) is 3.30. The summed E-state index contributed by atoms with van der Waals surface area (Å²) in [4.78, 5) is 28.1. The summed E-state index contributed by atoms with van der Waals surface area (Å²) in [6.45, 7) is 6.73. The van der Waals surface area contributed by atoms with Crippen LogP contribution in [0.2, 0.25) is 0 Å². The number of rotatable bonds is 6. The molecule has 0 bridgehead atoms. The summed E-state index contributed by atoms with van der Waals surface area (Å²) in [6.07, 6.45) is 0. The molecule has 0 atom stereocenters. The molecule has 8 nitrogen and oxygen atoms in total. The van der Waals surface area contributed by atoms with Crippen LogP contribution in [0, 0.1) is 0 Å². The van der Waals surface area contributed by atoms with E-state index in [4.69, 9.17) is 9.47 Å². The van der Waals surface area contributed by atoms with Gasteiger partial charge in [-0.2, -0.15) is 5.10 Å². The first kappa shape index (κ1) is 22.4. The normalized spacial score (nSPS) is 13.7. The summed E-state index contributed by atoms with van der Waals surface area (Å²) in [5, 5.41) is 4.52. The number of anilines is 1. The van der Waals surface area contributed by atoms with Crippen LogP contribution in [0.5, 0.6) is 5.75 Å². The van der Waals surface area contributed by atoms with Crippen molar-refractivity contribution in [3.05, 3.63) is 60.3 Å². The molecule has 0 aliphatic carbocycles. The van der Waals surface area contributed by atoms with Gasteiger partial charge in [-0.05, 0) is 49.4 Å². The predicted molar refractivity (Wildman–Crippen MR) is 126 cm³/mol. The van der Waals surface area contributed by atoms with E-state index in [9.17, 15) is 9.59 Å². The Morgan fingerprint density at radius 1 is 0.939 bits per heavy atom. The molecule has 1 aromatic heterocycles. The van der Waals surface area contributed by atoms with Crippen molar-refractivity contribution < 1.29 is 19.1 Å². The van der Waals surface area contributed by atoms with Gasteiger partial charge in [0, 0.05) is 44.4 Å². The molecule has 0 spiro atoms. The third kappa shape index (κ3) is 4.84. The highest BCUT2D eigenvalue weighted by Gasteiger charge is 2.20. The summed E-state index contributed by atoms with van der Waals surface area (Å²) in [5.74, 6) is 0.410. The van der Waals surface area contributed by atoms with Crippen molar-refractivity contribution in [3.8, 4) is 22.7 Å². The Labute approximate surface area is 193 Å². The Hall–Kier alpha value is -3.81. The van der Waals surface area contributed by atoms with E-state index in [0.29, 0.717) is 0 Å². The Balaban J connectivity index is 1.63. The summed E-state index contributed by atoms with van der Waals surface area (Å²) in [7, 11) is 1.62. The van der Waals surface area contributed by atoms with E-state index in [1.165, 1.54) is 0 Å². The van der Waals surface area contributed by atoms with Gasteiger partial charge in [0.05, 0.1) is 25.1 Å². The molecule has 1 aliphatic heterocycles. The van der Waals surface area contributed by atoms with Crippen LogP contribution in [-0.4, -0.2) is 66.5 Å². The van der Waals surface area contributed by atoms with Crippen LogP contribution in [-0.2, 0) is 9.53 Å². The van der Waals surface area contributed by atoms with E-state index in [1.54, 1.807) is 31.7 Å². The first-order valence-electron chi connectivity index (χ1n) is 11.0. The van der Waals surface area contributed by atoms with E-state index in [2.05, 4.69) is 22.1 Å². The Morgan fingerprint density at radius 3 is 2.15 bits per heavy atom. The molecule has 172 valence electrons. The number of ether oxygens (including phenoxy) is 2. The number of esters is 1. The predicted octanol–water partition coefficient (Wildman–Crippen LogP) is 3.39. The SMILES string of the molecule is CCOC(=O)c1cc(-c2ccc(N3CCN(C(C)=O)CC3)cc2)n(-c2ccc(OC)cc2)n1. The standard InChI is InChI=1S/C25H28N4O4/c1-4-33-25(31)23-17-24(29(26-23)21-9-11-22(32-3)12-10-21)19-5-7-20(8-6-19)28-15-13-27(14-16-28)18(2)30/h5-12,17H,4,13-16H2,1-3H3. The fraction of sp³-hybridized carbons (Fsp3) is 0.320. The number of carbonyl (C=O) groups is 2. The second-order valence-electron chi connectivity index (χ2n) is 7.79. The molecule has 0 unspecified atom stereocenters. The molecule has 1 amide bonds. The van der Waals surface area contributed by atoms with Gasteiger partial charge >= 0.3 is 5.97 Å². The lowest BCUT2D eigenvalue weighted by atomic mass is 10.1. The summed E-state index contributed by atoms with van der Waals surface area (Å²) >= 11 is 0. The molecule has 2 aromatic carbocycles. The van der Waals surface area contributed by atoms with Gasteiger partial charge in [-0.15, -0.1) is 0 Å². The lowest BCUT2D eigenvalue weighted by Crippen LogP contribution is -2.48. The van der Waals surface area contributed by atoms with Gasteiger partial charge in [0.15, 0.2) is 5.69 Å². The van der Waals surface area contributed by atoms with Crippen molar-refractivity contribution in [2.24, 2.45) is 0 Å². The second kappa shape index (κ2) is 9.77. The fourth-order valence-corrected chi connectivity index (χ4v) is 3.93. The second-order valence-corrected chi connectivity index (χ2v) is 7.79. The van der Waals surface area contributed by atoms with Crippen molar-refractivity contribution in [1.82, 2.24) is 14.7 Å². The van der Waals surface area contributed by atoms with Gasteiger partial charge in [-0.25, -0.2) is 9.48 Å². The monoisotopic (exact) mass is 448 g/mol. The summed E-state index contributed by atoms with van der Waals surface area (Å²) in [5.41, 5.74) is 3.89. The highest BCUT2D eigenvalue weighted by Crippen LogP contribution is 2.28. The topological polar surface area (TPSA) is 76.9 Å². The zero-order valence-electron chi connectivity index (χ0n) is 19.2. The summed E-state index contributed by atoms with van der Waals surface area (Å²) in [6, 6.07) is 17.4. The number of amides is 1. The minimum atomic E-state index is -0.453. The van der Waals surface area contributed by atoms with E-state index in [-0.39, 0.29) is 18.2 Å². The highest BCUT2D eigenvalue weighted by molar-refractivity contribution is 5.89. The number of piperazine rings is 1. The molecular formula is C25H28N4O4. The van der Waals surface area contributed by atoms with Gasteiger partial charge in [-0.1, -0.05) is 12.1 Å². The number of benzene rings is 2. The molecule has 1 fully saturated rings. The first-order valence-corrected chi connectivity index (χ1v) is 11.0. The van der Waals surface area contributed by atoms with Gasteiger partial charge in [0.25, 0.3) is 0 Å². The lowest BCUT2D eigenvalue weighted by Gasteiger charge is -2.35. The molecule has 1 saturated heterocycles. The van der Waals surface area contributed by atoms with Crippen LogP contribution in [0.4, 0.5) is 5.69 Å². The van der Waals surface area contributed by atoms with E-state index in [0.717, 1.165) is 54.6 Å². The third-order valence-corrected chi connectivity index (χ3v) is 5.76. The van der Waals surface area contributed by atoms with E-state index >= 15 is 0 Å².